The number of terminal acetylenes is 1. The van der Waals surface area contributed by atoms with E-state index in [2.05, 4.69) is 21.9 Å². The number of aliphatic carboxylic acids is 1. The number of carboxylic acid groups (broad SMARTS) is 1. The van der Waals surface area contributed by atoms with Gasteiger partial charge >= 0.3 is 5.97 Å². The maximum absolute atomic E-state index is 13.2. The van der Waals surface area contributed by atoms with Crippen molar-refractivity contribution in [3.63, 3.8) is 0 Å². The van der Waals surface area contributed by atoms with E-state index in [9.17, 15) is 29.1 Å². The minimum Gasteiger partial charge on any atom is -0.480 e. The Morgan fingerprint density at radius 1 is 0.944 bits per heavy atom. The molecule has 1 rings (SSSR count). The second kappa shape index (κ2) is 15.2. The van der Waals surface area contributed by atoms with Gasteiger partial charge in [0.05, 0.1) is 6.04 Å². The molecule has 8 N–H and O–H groups in total. The van der Waals surface area contributed by atoms with Crippen molar-refractivity contribution in [3.8, 4) is 12.3 Å². The molecule has 0 fully saturated rings. The quantitative estimate of drug-likeness (QED) is 0.173. The number of benzene rings is 1. The molecule has 11 heteroatoms. The first kappa shape index (κ1) is 30.1. The molecule has 0 aromatic heterocycles. The summed E-state index contributed by atoms with van der Waals surface area (Å²) in [5, 5.41) is 17.0. The lowest BCUT2D eigenvalue weighted by Crippen LogP contribution is -2.57. The van der Waals surface area contributed by atoms with Gasteiger partial charge in [0.1, 0.15) is 18.1 Å². The Morgan fingerprint density at radius 3 is 2.03 bits per heavy atom. The Balaban J connectivity index is 3.12. The molecule has 36 heavy (non-hydrogen) atoms. The van der Waals surface area contributed by atoms with Gasteiger partial charge in [-0.25, -0.2) is 4.79 Å². The predicted molar refractivity (Wildman–Crippen MR) is 133 cm³/mol. The molecule has 1 aromatic carbocycles. The average Bonchev–Trinajstić information content (AvgIpc) is 2.80. The van der Waals surface area contributed by atoms with Crippen LogP contribution in [0.5, 0.6) is 0 Å². The number of rotatable bonds is 15. The van der Waals surface area contributed by atoms with Crippen molar-refractivity contribution >= 4 is 29.6 Å². The number of nitrogens with one attached hydrogen (secondary N) is 3. The van der Waals surface area contributed by atoms with Gasteiger partial charge in [-0.15, -0.1) is 12.3 Å². The van der Waals surface area contributed by atoms with Crippen LogP contribution in [0.15, 0.2) is 30.3 Å². The molecule has 0 aliphatic heterocycles. The summed E-state index contributed by atoms with van der Waals surface area (Å²) in [6.07, 6.45) is 5.06. The average molecular weight is 502 g/mol. The number of amides is 4. The smallest absolute Gasteiger partial charge is 0.326 e. The van der Waals surface area contributed by atoms with Gasteiger partial charge in [0.15, 0.2) is 0 Å². The highest BCUT2D eigenvalue weighted by Gasteiger charge is 2.31. The summed E-state index contributed by atoms with van der Waals surface area (Å²) in [6.45, 7) is 3.72. The van der Waals surface area contributed by atoms with Crippen LogP contribution in [0.1, 0.15) is 45.1 Å². The summed E-state index contributed by atoms with van der Waals surface area (Å²) in [5.74, 6) is -1.75. The molecule has 0 saturated heterocycles. The second-order valence-corrected chi connectivity index (χ2v) is 8.86. The number of carboxylic acids is 1. The van der Waals surface area contributed by atoms with Crippen LogP contribution in [0.25, 0.3) is 0 Å². The predicted octanol–water partition coefficient (Wildman–Crippen LogP) is -0.570. The maximum Gasteiger partial charge on any atom is 0.326 e. The van der Waals surface area contributed by atoms with E-state index in [1.54, 1.807) is 30.3 Å². The van der Waals surface area contributed by atoms with Crippen molar-refractivity contribution < 1.29 is 29.1 Å². The van der Waals surface area contributed by atoms with Crippen LogP contribution in [-0.2, 0) is 30.4 Å². The molecule has 0 aliphatic rings. The third-order valence-corrected chi connectivity index (χ3v) is 5.22. The van der Waals surface area contributed by atoms with Gasteiger partial charge in [0.25, 0.3) is 0 Å². The molecule has 11 nitrogen and oxygen atoms in total. The van der Waals surface area contributed by atoms with E-state index in [-0.39, 0.29) is 38.0 Å². The number of carbonyl (C=O) groups excluding carboxylic acids is 4. The first-order valence-electron chi connectivity index (χ1n) is 11.6. The highest BCUT2D eigenvalue weighted by Crippen LogP contribution is 2.09. The van der Waals surface area contributed by atoms with Gasteiger partial charge in [-0.05, 0) is 24.3 Å². The van der Waals surface area contributed by atoms with Crippen molar-refractivity contribution in [2.75, 3.05) is 0 Å². The largest absolute Gasteiger partial charge is 0.480 e. The minimum absolute atomic E-state index is 0.0106. The number of hydrogen-bond donors (Lipinski definition) is 6. The van der Waals surface area contributed by atoms with E-state index in [0.29, 0.717) is 5.56 Å². The maximum atomic E-state index is 13.2. The molecule has 4 amide bonds. The Hall–Kier alpha value is -3.91. The summed E-state index contributed by atoms with van der Waals surface area (Å²) in [6, 6.07) is 4.26. The summed E-state index contributed by atoms with van der Waals surface area (Å²) >= 11 is 0. The summed E-state index contributed by atoms with van der Waals surface area (Å²) in [5.41, 5.74) is 11.6. The summed E-state index contributed by atoms with van der Waals surface area (Å²) in [7, 11) is 0. The minimum atomic E-state index is -1.38. The van der Waals surface area contributed by atoms with Crippen molar-refractivity contribution in [2.45, 2.75) is 70.1 Å². The fourth-order valence-electron chi connectivity index (χ4n) is 3.35. The van der Waals surface area contributed by atoms with Gasteiger partial charge in [-0.1, -0.05) is 44.2 Å². The zero-order valence-electron chi connectivity index (χ0n) is 20.5. The fourth-order valence-corrected chi connectivity index (χ4v) is 3.35. The Morgan fingerprint density at radius 2 is 1.50 bits per heavy atom. The van der Waals surface area contributed by atoms with Crippen LogP contribution in [0.2, 0.25) is 0 Å². The highest BCUT2D eigenvalue weighted by atomic mass is 16.4. The molecule has 0 bridgehead atoms. The Kier molecular flexibility index (Phi) is 12.7. The first-order chi connectivity index (χ1) is 16.9. The van der Waals surface area contributed by atoms with Gasteiger partial charge in [-0.3, -0.25) is 19.2 Å². The molecule has 4 atom stereocenters. The molecule has 0 unspecified atom stereocenters. The van der Waals surface area contributed by atoms with Crippen molar-refractivity contribution in [2.24, 2.45) is 17.4 Å². The van der Waals surface area contributed by atoms with E-state index in [1.807, 2.05) is 13.8 Å². The standard InChI is InChI=1S/C25H35N5O6/c1-4-8-17(26)22(32)29-19(13-15(2)3)23(33)30-20(14-16-9-6-5-7-10-16)24(34)28-18(25(35)36)11-12-21(27)31/h1,5-7,9-10,15,17-20H,8,11-14,26H2,2-3H3,(H2,27,31)(H,28,34)(H,29,32)(H,30,33)(H,35,36)/t17-,18-,19-,20-/m0/s1. The van der Waals surface area contributed by atoms with Crippen molar-refractivity contribution in [1.82, 2.24) is 16.0 Å². The fraction of sp³-hybridized carbons (Fsp3) is 0.480. The third-order valence-electron chi connectivity index (χ3n) is 5.22. The van der Waals surface area contributed by atoms with Crippen LogP contribution in [0.3, 0.4) is 0 Å². The van der Waals surface area contributed by atoms with E-state index >= 15 is 0 Å². The number of primary amides is 1. The normalized spacial score (nSPS) is 14.0. The summed E-state index contributed by atoms with van der Waals surface area (Å²) < 4.78 is 0. The first-order valence-corrected chi connectivity index (χ1v) is 11.6. The topological polar surface area (TPSA) is 194 Å². The van der Waals surface area contributed by atoms with Crippen LogP contribution in [-0.4, -0.2) is 58.9 Å². The molecular formula is C25H35N5O6. The monoisotopic (exact) mass is 501 g/mol. The lowest BCUT2D eigenvalue weighted by atomic mass is 10.00. The molecule has 0 spiro atoms. The van der Waals surface area contributed by atoms with Crippen LogP contribution >= 0.6 is 0 Å². The van der Waals surface area contributed by atoms with Gasteiger partial charge in [0.2, 0.25) is 23.6 Å². The molecule has 0 aliphatic carbocycles. The van der Waals surface area contributed by atoms with Crippen molar-refractivity contribution in [3.05, 3.63) is 35.9 Å². The molecule has 0 radical (unpaired) electrons. The zero-order valence-corrected chi connectivity index (χ0v) is 20.5. The molecule has 0 heterocycles. The van der Waals surface area contributed by atoms with Gasteiger partial charge < -0.3 is 32.5 Å². The van der Waals surface area contributed by atoms with Crippen LogP contribution < -0.4 is 27.4 Å². The summed E-state index contributed by atoms with van der Waals surface area (Å²) in [4.78, 5) is 61.3. The molecule has 0 saturated carbocycles. The van der Waals surface area contributed by atoms with Crippen LogP contribution in [0.4, 0.5) is 0 Å². The Labute approximate surface area is 210 Å². The van der Waals surface area contributed by atoms with Gasteiger partial charge in [0, 0.05) is 19.3 Å². The van der Waals surface area contributed by atoms with Crippen molar-refractivity contribution in [1.29, 1.82) is 0 Å². The number of carbonyl (C=O) groups is 5. The second-order valence-electron chi connectivity index (χ2n) is 8.86. The zero-order chi connectivity index (χ0) is 27.3. The van der Waals surface area contributed by atoms with E-state index < -0.39 is 53.8 Å². The Bertz CT molecular complexity index is 959. The van der Waals surface area contributed by atoms with E-state index in [1.165, 1.54) is 0 Å². The SMILES string of the molecule is C#CC[C@H](N)C(=O)N[C@@H](CC(C)C)C(=O)N[C@@H](Cc1ccccc1)C(=O)N[C@@H](CCC(N)=O)C(=O)O. The lowest BCUT2D eigenvalue weighted by molar-refractivity contribution is -0.142. The lowest BCUT2D eigenvalue weighted by Gasteiger charge is -2.26. The third kappa shape index (κ3) is 11.0. The number of nitrogens with two attached hydrogens (primary N) is 2. The number of hydrogen-bond acceptors (Lipinski definition) is 6. The van der Waals surface area contributed by atoms with E-state index in [4.69, 9.17) is 17.9 Å². The van der Waals surface area contributed by atoms with E-state index in [0.717, 1.165) is 0 Å². The highest BCUT2D eigenvalue weighted by molar-refractivity contribution is 5.94. The van der Waals surface area contributed by atoms with Gasteiger partial charge in [-0.2, -0.15) is 0 Å². The molecule has 196 valence electrons. The van der Waals surface area contributed by atoms with Crippen LogP contribution in [0, 0.1) is 18.3 Å². The molecule has 1 aromatic rings. The molecular weight excluding hydrogens is 466 g/mol.